The highest BCUT2D eigenvalue weighted by Gasteiger charge is 2.16. The molecule has 0 radical (unpaired) electrons. The van der Waals surface area contributed by atoms with Crippen molar-refractivity contribution < 1.29 is 14.3 Å². The second-order valence-corrected chi connectivity index (χ2v) is 7.07. The summed E-state index contributed by atoms with van der Waals surface area (Å²) in [6, 6.07) is 15.6. The predicted molar refractivity (Wildman–Crippen MR) is 107 cm³/mol. The summed E-state index contributed by atoms with van der Waals surface area (Å²) in [5.74, 6) is 0.794. The summed E-state index contributed by atoms with van der Waals surface area (Å²) in [6.45, 7) is 2.86. The van der Waals surface area contributed by atoms with Crippen LogP contribution in [0.5, 0.6) is 5.75 Å². The maximum atomic E-state index is 12.3. The quantitative estimate of drug-likeness (QED) is 0.777. The summed E-state index contributed by atoms with van der Waals surface area (Å²) in [4.78, 5) is 14.4. The van der Waals surface area contributed by atoms with Crippen molar-refractivity contribution in [3.05, 3.63) is 54.1 Å². The average molecular weight is 368 g/mol. The van der Waals surface area contributed by atoms with Gasteiger partial charge in [-0.25, -0.2) is 0 Å². The van der Waals surface area contributed by atoms with Crippen molar-refractivity contribution in [3.8, 4) is 16.9 Å². The fraction of sp³-hybridized carbons (Fsp3) is 0.409. The van der Waals surface area contributed by atoms with Gasteiger partial charge in [0.25, 0.3) is 5.91 Å². The molecule has 1 aliphatic rings. The van der Waals surface area contributed by atoms with Gasteiger partial charge >= 0.3 is 0 Å². The average Bonchev–Trinajstić information content (AvgIpc) is 3.20. The number of ether oxygens (including phenoxy) is 2. The van der Waals surface area contributed by atoms with Crippen molar-refractivity contribution in [1.82, 2.24) is 10.2 Å². The van der Waals surface area contributed by atoms with Gasteiger partial charge in [-0.1, -0.05) is 30.3 Å². The molecule has 1 saturated heterocycles. The maximum Gasteiger partial charge on any atom is 0.251 e. The first kappa shape index (κ1) is 19.4. The van der Waals surface area contributed by atoms with Gasteiger partial charge in [-0.05, 0) is 50.7 Å². The van der Waals surface area contributed by atoms with Crippen LogP contribution in [0, 0.1) is 0 Å². The van der Waals surface area contributed by atoms with Gasteiger partial charge < -0.3 is 19.7 Å². The van der Waals surface area contributed by atoms with Gasteiger partial charge in [-0.15, -0.1) is 0 Å². The molecule has 0 aliphatic carbocycles. The smallest absolute Gasteiger partial charge is 0.251 e. The molecule has 2 aromatic carbocycles. The van der Waals surface area contributed by atoms with E-state index in [1.165, 1.54) is 0 Å². The highest BCUT2D eigenvalue weighted by atomic mass is 16.5. The lowest BCUT2D eigenvalue weighted by atomic mass is 10.0. The summed E-state index contributed by atoms with van der Waals surface area (Å²) >= 11 is 0. The molecule has 3 rings (SSSR count). The highest BCUT2D eigenvalue weighted by molar-refractivity contribution is 5.94. The van der Waals surface area contributed by atoms with E-state index in [1.54, 1.807) is 0 Å². The molecule has 1 heterocycles. The zero-order valence-corrected chi connectivity index (χ0v) is 16.1. The first-order valence-corrected chi connectivity index (χ1v) is 9.50. The Balaban J connectivity index is 1.63. The Kier molecular flexibility index (Phi) is 6.85. The normalized spacial score (nSPS) is 16.5. The van der Waals surface area contributed by atoms with Gasteiger partial charge in [0.05, 0.1) is 6.10 Å². The molecule has 144 valence electrons. The van der Waals surface area contributed by atoms with E-state index >= 15 is 0 Å². The number of rotatable bonds is 8. The minimum atomic E-state index is -0.0624. The number of benzene rings is 2. The molecule has 27 heavy (non-hydrogen) atoms. The van der Waals surface area contributed by atoms with Gasteiger partial charge in [0.2, 0.25) is 0 Å². The Morgan fingerprint density at radius 3 is 2.67 bits per heavy atom. The SMILES string of the molecule is CN(C)CCOc1ccccc1-c1ccc(C(=O)NC[C@@H]2CCCO2)cc1. The molecule has 1 atom stereocenters. The van der Waals surface area contributed by atoms with Crippen LogP contribution in [0.4, 0.5) is 0 Å². The topological polar surface area (TPSA) is 50.8 Å². The first-order valence-electron chi connectivity index (χ1n) is 9.50. The molecule has 1 fully saturated rings. The third-order valence-electron chi connectivity index (χ3n) is 4.66. The molecule has 2 aromatic rings. The van der Waals surface area contributed by atoms with Gasteiger partial charge in [0, 0.05) is 30.8 Å². The highest BCUT2D eigenvalue weighted by Crippen LogP contribution is 2.30. The van der Waals surface area contributed by atoms with Crippen LogP contribution in [0.15, 0.2) is 48.5 Å². The van der Waals surface area contributed by atoms with Crippen LogP contribution in [-0.2, 0) is 4.74 Å². The molecule has 0 saturated carbocycles. The number of nitrogens with one attached hydrogen (secondary N) is 1. The molecule has 1 aliphatic heterocycles. The first-order chi connectivity index (χ1) is 13.1. The zero-order valence-electron chi connectivity index (χ0n) is 16.1. The Morgan fingerprint density at radius 2 is 1.96 bits per heavy atom. The van der Waals surface area contributed by atoms with Crippen molar-refractivity contribution in [2.45, 2.75) is 18.9 Å². The lowest BCUT2D eigenvalue weighted by Crippen LogP contribution is -2.31. The van der Waals surface area contributed by atoms with Crippen molar-refractivity contribution in [2.24, 2.45) is 0 Å². The zero-order chi connectivity index (χ0) is 19.1. The van der Waals surface area contributed by atoms with Crippen LogP contribution in [0.3, 0.4) is 0 Å². The van der Waals surface area contributed by atoms with Crippen LogP contribution in [-0.4, -0.2) is 57.3 Å². The Hall–Kier alpha value is -2.37. The molecular formula is C22H28N2O3. The largest absolute Gasteiger partial charge is 0.492 e. The van der Waals surface area contributed by atoms with Crippen molar-refractivity contribution in [1.29, 1.82) is 0 Å². The third-order valence-corrected chi connectivity index (χ3v) is 4.66. The van der Waals surface area contributed by atoms with E-state index in [0.717, 1.165) is 42.9 Å². The number of hydrogen-bond donors (Lipinski definition) is 1. The molecule has 0 spiro atoms. The number of amides is 1. The summed E-state index contributed by atoms with van der Waals surface area (Å²) in [7, 11) is 4.05. The molecule has 0 bridgehead atoms. The maximum absolute atomic E-state index is 12.3. The van der Waals surface area contributed by atoms with Crippen LogP contribution >= 0.6 is 0 Å². The molecule has 5 nitrogen and oxygen atoms in total. The fourth-order valence-corrected chi connectivity index (χ4v) is 3.08. The minimum Gasteiger partial charge on any atom is -0.492 e. The molecule has 0 unspecified atom stereocenters. The van der Waals surface area contributed by atoms with Crippen molar-refractivity contribution in [2.75, 3.05) is 40.4 Å². The standard InChI is InChI=1S/C22H28N2O3/c1-24(2)13-15-27-21-8-4-3-7-20(21)17-9-11-18(12-10-17)22(25)23-16-19-6-5-14-26-19/h3-4,7-12,19H,5-6,13-16H2,1-2H3,(H,23,25)/t19-/m0/s1. The van der Waals surface area contributed by atoms with Gasteiger partial charge in [-0.2, -0.15) is 0 Å². The summed E-state index contributed by atoms with van der Waals surface area (Å²) in [5.41, 5.74) is 2.72. The van der Waals surface area contributed by atoms with Gasteiger partial charge in [0.1, 0.15) is 12.4 Å². The predicted octanol–water partition coefficient (Wildman–Crippen LogP) is 3.20. The van der Waals surface area contributed by atoms with Crippen LogP contribution in [0.1, 0.15) is 23.2 Å². The van der Waals surface area contributed by atoms with E-state index in [9.17, 15) is 4.79 Å². The molecule has 1 N–H and O–H groups in total. The minimum absolute atomic E-state index is 0.0624. The molecular weight excluding hydrogens is 340 g/mol. The van der Waals surface area contributed by atoms with Gasteiger partial charge in [-0.3, -0.25) is 4.79 Å². The van der Waals surface area contributed by atoms with Crippen LogP contribution in [0.2, 0.25) is 0 Å². The Bertz CT molecular complexity index is 737. The number of likely N-dealkylation sites (N-methyl/N-ethyl adjacent to an activating group) is 1. The monoisotopic (exact) mass is 368 g/mol. The lowest BCUT2D eigenvalue weighted by molar-refractivity contribution is 0.0858. The van der Waals surface area contributed by atoms with E-state index in [1.807, 2.05) is 62.6 Å². The van der Waals surface area contributed by atoms with Crippen molar-refractivity contribution >= 4 is 5.91 Å². The fourth-order valence-electron chi connectivity index (χ4n) is 3.08. The number of para-hydroxylation sites is 1. The van der Waals surface area contributed by atoms with E-state index in [0.29, 0.717) is 18.7 Å². The number of carbonyl (C=O) groups excluding carboxylic acids is 1. The Morgan fingerprint density at radius 1 is 1.19 bits per heavy atom. The molecule has 1 amide bonds. The van der Waals surface area contributed by atoms with Crippen molar-refractivity contribution in [3.63, 3.8) is 0 Å². The van der Waals surface area contributed by atoms with E-state index in [4.69, 9.17) is 9.47 Å². The molecule has 5 heteroatoms. The van der Waals surface area contributed by atoms with Crippen LogP contribution < -0.4 is 10.1 Å². The van der Waals surface area contributed by atoms with E-state index < -0.39 is 0 Å². The third kappa shape index (κ3) is 5.55. The van der Waals surface area contributed by atoms with E-state index in [2.05, 4.69) is 10.2 Å². The second-order valence-electron chi connectivity index (χ2n) is 7.07. The summed E-state index contributed by atoms with van der Waals surface area (Å²) < 4.78 is 11.5. The second kappa shape index (κ2) is 9.53. The van der Waals surface area contributed by atoms with Crippen LogP contribution in [0.25, 0.3) is 11.1 Å². The lowest BCUT2D eigenvalue weighted by Gasteiger charge is -2.14. The Labute approximate surface area is 161 Å². The number of hydrogen-bond acceptors (Lipinski definition) is 4. The molecule has 0 aromatic heterocycles. The number of carbonyl (C=O) groups is 1. The van der Waals surface area contributed by atoms with E-state index in [-0.39, 0.29) is 12.0 Å². The summed E-state index contributed by atoms with van der Waals surface area (Å²) in [5, 5.41) is 2.96. The number of nitrogens with zero attached hydrogens (tertiary/aromatic N) is 1. The summed E-state index contributed by atoms with van der Waals surface area (Å²) in [6.07, 6.45) is 2.24. The van der Waals surface area contributed by atoms with Gasteiger partial charge in [0.15, 0.2) is 0 Å².